The van der Waals surface area contributed by atoms with E-state index in [0.29, 0.717) is 79.8 Å². The average molecular weight is 762 g/mol. The number of rotatable bonds is 10. The highest BCUT2D eigenvalue weighted by Gasteiger charge is 2.45. The number of methoxy groups -OCH3 is 1. The fraction of sp³-hybridized carbons (Fsp3) is 0.447. The number of ether oxygens (including phenoxy) is 1. The number of carboxylic acid groups (broad SMARTS) is 1. The fourth-order valence-electron chi connectivity index (χ4n) is 8.23. The van der Waals surface area contributed by atoms with Crippen molar-refractivity contribution in [3.8, 4) is 5.75 Å². The Hall–Kier alpha value is -4.59. The van der Waals surface area contributed by atoms with Crippen molar-refractivity contribution in [3.05, 3.63) is 93.2 Å². The summed E-state index contributed by atoms with van der Waals surface area (Å²) in [5.41, 5.74) is 1.91. The highest BCUT2D eigenvalue weighted by molar-refractivity contribution is 6.42. The maximum Gasteiger partial charge on any atom is 0.326 e. The number of halogens is 2. The van der Waals surface area contributed by atoms with E-state index >= 15 is 0 Å². The van der Waals surface area contributed by atoms with Crippen LogP contribution in [0.25, 0.3) is 0 Å². The zero-order chi connectivity index (χ0) is 37.2. The molecule has 15 heteroatoms. The van der Waals surface area contributed by atoms with Gasteiger partial charge < -0.3 is 29.9 Å². The molecule has 7 rings (SSSR count). The van der Waals surface area contributed by atoms with Gasteiger partial charge in [-0.2, -0.15) is 5.11 Å². The van der Waals surface area contributed by atoms with Crippen LogP contribution >= 0.6 is 23.2 Å². The Kier molecular flexibility index (Phi) is 10.7. The lowest BCUT2D eigenvalue weighted by Crippen LogP contribution is -2.58. The number of urea groups is 1. The first kappa shape index (κ1) is 36.8. The number of hydrogen-bond donors (Lipinski definition) is 2. The van der Waals surface area contributed by atoms with Crippen molar-refractivity contribution in [2.45, 2.75) is 61.6 Å². The van der Waals surface area contributed by atoms with Crippen molar-refractivity contribution in [1.82, 2.24) is 25.0 Å². The van der Waals surface area contributed by atoms with Crippen LogP contribution in [0.5, 0.6) is 5.75 Å². The summed E-state index contributed by atoms with van der Waals surface area (Å²) in [7, 11) is 1.55. The van der Waals surface area contributed by atoms with Crippen molar-refractivity contribution < 1.29 is 24.2 Å². The van der Waals surface area contributed by atoms with Gasteiger partial charge in [-0.05, 0) is 97.8 Å². The molecule has 0 radical (unpaired) electrons. The number of nitrogens with one attached hydrogen (secondary N) is 1. The van der Waals surface area contributed by atoms with Crippen LogP contribution in [0.3, 0.4) is 0 Å². The first-order valence-electron chi connectivity index (χ1n) is 17.9. The summed E-state index contributed by atoms with van der Waals surface area (Å²) in [5, 5.41) is 25.6. The third-order valence-corrected chi connectivity index (χ3v) is 12.1. The van der Waals surface area contributed by atoms with Crippen molar-refractivity contribution in [1.29, 1.82) is 0 Å². The quantitative estimate of drug-likeness (QED) is 0.246. The number of carbonyl (C=O) groups is 3. The van der Waals surface area contributed by atoms with Crippen LogP contribution in [-0.2, 0) is 15.7 Å². The van der Waals surface area contributed by atoms with Gasteiger partial charge in [-0.3, -0.25) is 9.78 Å². The van der Waals surface area contributed by atoms with Gasteiger partial charge in [0.05, 0.1) is 40.2 Å². The Morgan fingerprint density at radius 1 is 1.00 bits per heavy atom. The third kappa shape index (κ3) is 7.47. The van der Waals surface area contributed by atoms with Crippen LogP contribution in [0.1, 0.15) is 71.7 Å². The first-order chi connectivity index (χ1) is 25.6. The lowest BCUT2D eigenvalue weighted by Gasteiger charge is -2.43. The molecular formula is C38H42Cl2N8O5. The topological polar surface area (TPSA) is 152 Å². The Bertz CT molecular complexity index is 1910. The van der Waals surface area contributed by atoms with Crippen molar-refractivity contribution in [2.24, 2.45) is 15.4 Å². The molecule has 0 bridgehead atoms. The molecule has 2 aromatic carbocycles. The third-order valence-electron chi connectivity index (χ3n) is 11.3. The monoisotopic (exact) mass is 760 g/mol. The molecule has 0 spiro atoms. The normalized spacial score (nSPS) is 23.8. The second kappa shape index (κ2) is 15.4. The van der Waals surface area contributed by atoms with Crippen LogP contribution in [0.2, 0.25) is 10.0 Å². The summed E-state index contributed by atoms with van der Waals surface area (Å²) in [6, 6.07) is 15.3. The molecule has 3 fully saturated rings. The number of hydrogen-bond acceptors (Lipinski definition) is 9. The number of pyridine rings is 1. The van der Waals surface area contributed by atoms with Gasteiger partial charge in [-0.25, -0.2) is 9.59 Å². The largest absolute Gasteiger partial charge is 0.496 e. The van der Waals surface area contributed by atoms with Crippen LogP contribution in [0.4, 0.5) is 4.79 Å². The van der Waals surface area contributed by atoms with Gasteiger partial charge in [0.2, 0.25) is 0 Å². The lowest BCUT2D eigenvalue weighted by atomic mass is 9.76. The summed E-state index contributed by atoms with van der Waals surface area (Å²) in [6.45, 7) is 3.54. The second-order valence-electron chi connectivity index (χ2n) is 14.3. The number of aliphatic carboxylic acids is 1. The molecule has 4 aliphatic rings. The fourth-order valence-corrected chi connectivity index (χ4v) is 8.53. The van der Waals surface area contributed by atoms with Gasteiger partial charge in [0, 0.05) is 44.3 Å². The molecule has 4 aliphatic heterocycles. The first-order valence-corrected chi connectivity index (χ1v) is 18.7. The Balaban J connectivity index is 1.09. The van der Waals surface area contributed by atoms with Gasteiger partial charge in [-0.15, -0.1) is 5.10 Å². The van der Waals surface area contributed by atoms with E-state index < -0.39 is 23.0 Å². The van der Waals surface area contributed by atoms with Crippen LogP contribution in [0, 0.1) is 0 Å². The van der Waals surface area contributed by atoms with Gasteiger partial charge in [0.25, 0.3) is 5.91 Å². The number of carbonyl (C=O) groups excluding carboxylic acids is 2. The molecule has 0 aliphatic carbocycles. The Morgan fingerprint density at radius 3 is 2.53 bits per heavy atom. The van der Waals surface area contributed by atoms with Crippen LogP contribution in [-0.4, -0.2) is 101 Å². The molecule has 13 nitrogen and oxygen atoms in total. The Morgan fingerprint density at radius 2 is 1.83 bits per heavy atom. The van der Waals surface area contributed by atoms with E-state index in [2.05, 4.69) is 30.6 Å². The molecule has 5 heterocycles. The summed E-state index contributed by atoms with van der Waals surface area (Å²) in [4.78, 5) is 50.0. The number of aromatic nitrogens is 1. The predicted molar refractivity (Wildman–Crippen MR) is 200 cm³/mol. The van der Waals surface area contributed by atoms with E-state index in [1.807, 2.05) is 53.4 Å². The maximum atomic E-state index is 14.2. The van der Waals surface area contributed by atoms with E-state index in [1.54, 1.807) is 25.6 Å². The second-order valence-corrected chi connectivity index (χ2v) is 15.1. The number of likely N-dealkylation sites (tertiary alicyclic amines) is 3. The molecular weight excluding hydrogens is 719 g/mol. The summed E-state index contributed by atoms with van der Waals surface area (Å²) < 4.78 is 5.62. The minimum Gasteiger partial charge on any atom is -0.496 e. The predicted octanol–water partition coefficient (Wildman–Crippen LogP) is 6.31. The molecule has 3 unspecified atom stereocenters. The van der Waals surface area contributed by atoms with E-state index in [1.165, 1.54) is 4.90 Å². The SMILES string of the molecule is COc1ccc(C2C=NN=N2)cc1C(=O)N1CCC(CCN2CCC(NC(=O)N3CCCC3C(=O)O)(c3ccccn3)CC2)(c2ccc(Cl)c(Cl)c2)C1. The van der Waals surface area contributed by atoms with Crippen LogP contribution < -0.4 is 10.1 Å². The highest BCUT2D eigenvalue weighted by Crippen LogP contribution is 2.42. The van der Waals surface area contributed by atoms with E-state index in [4.69, 9.17) is 27.9 Å². The molecule has 1 aromatic heterocycles. The molecule has 3 atom stereocenters. The molecule has 2 N–H and O–H groups in total. The zero-order valence-corrected chi connectivity index (χ0v) is 31.0. The molecule has 3 amide bonds. The van der Waals surface area contributed by atoms with Crippen molar-refractivity contribution >= 4 is 47.3 Å². The molecule has 0 saturated carbocycles. The lowest BCUT2D eigenvalue weighted by molar-refractivity contribution is -0.141. The van der Waals surface area contributed by atoms with E-state index in [9.17, 15) is 19.5 Å². The van der Waals surface area contributed by atoms with Gasteiger partial charge in [0.1, 0.15) is 17.8 Å². The summed E-state index contributed by atoms with van der Waals surface area (Å²) >= 11 is 12.9. The van der Waals surface area contributed by atoms with Crippen molar-refractivity contribution in [2.75, 3.05) is 46.4 Å². The molecule has 3 saturated heterocycles. The number of amides is 3. The number of nitrogens with zero attached hydrogens (tertiary/aromatic N) is 7. The minimum absolute atomic E-state index is 0.130. The zero-order valence-electron chi connectivity index (χ0n) is 29.5. The maximum absolute atomic E-state index is 14.2. The number of piperidine rings is 1. The summed E-state index contributed by atoms with van der Waals surface area (Å²) in [5.74, 6) is -0.631. The highest BCUT2D eigenvalue weighted by atomic mass is 35.5. The van der Waals surface area contributed by atoms with Gasteiger partial charge >= 0.3 is 12.0 Å². The Labute approximate surface area is 318 Å². The smallest absolute Gasteiger partial charge is 0.326 e. The molecule has 278 valence electrons. The van der Waals surface area contributed by atoms with E-state index in [0.717, 1.165) is 36.2 Å². The van der Waals surface area contributed by atoms with Gasteiger partial charge in [-0.1, -0.05) is 41.4 Å². The average Bonchev–Trinajstić information content (AvgIpc) is 3.98. The van der Waals surface area contributed by atoms with Gasteiger partial charge in [0.15, 0.2) is 0 Å². The number of carboxylic acids is 1. The van der Waals surface area contributed by atoms with E-state index in [-0.39, 0.29) is 18.0 Å². The summed E-state index contributed by atoms with van der Waals surface area (Å²) in [6.07, 6.45) is 7.14. The molecule has 53 heavy (non-hydrogen) atoms. The van der Waals surface area contributed by atoms with Crippen molar-refractivity contribution in [3.63, 3.8) is 0 Å². The van der Waals surface area contributed by atoms with Crippen LogP contribution in [0.15, 0.2) is 76.2 Å². The minimum atomic E-state index is -0.985. The standard InChI is InChI=1S/C38H42Cl2N8O5/c1-53-32-10-7-25(30-23-42-45-44-30)21-27(32)34(49)47-20-12-37(24-47,26-8-9-28(39)29(40)22-26)11-17-46-18-13-38(14-19-46,33-6-2-3-15-41-33)43-36(52)48-16-4-5-31(48)35(50)51/h2-3,6-10,15,21-23,30-31H,4-5,11-14,16-20,24H2,1H3,(H,43,52)(H,50,51). The molecule has 3 aromatic rings. The number of benzene rings is 2.